The third-order valence-electron chi connectivity index (χ3n) is 4.35. The number of para-hydroxylation sites is 1. The van der Waals surface area contributed by atoms with E-state index in [2.05, 4.69) is 9.97 Å². The maximum absolute atomic E-state index is 12.3. The van der Waals surface area contributed by atoms with Crippen molar-refractivity contribution in [3.8, 4) is 11.6 Å². The number of fused-ring (bicyclic) bond motifs is 1. The highest BCUT2D eigenvalue weighted by Gasteiger charge is 2.28. The largest absolute Gasteiger partial charge is 0.482 e. The zero-order chi connectivity index (χ0) is 17.8. The van der Waals surface area contributed by atoms with Crippen LogP contribution in [0, 0.1) is 0 Å². The highest BCUT2D eigenvalue weighted by Crippen LogP contribution is 2.20. The van der Waals surface area contributed by atoms with Crippen LogP contribution in [0.2, 0.25) is 0 Å². The molecule has 1 unspecified atom stereocenters. The van der Waals surface area contributed by atoms with Gasteiger partial charge in [0.05, 0.1) is 18.3 Å². The second-order valence-electron chi connectivity index (χ2n) is 6.19. The lowest BCUT2D eigenvalue weighted by atomic mass is 10.2. The Morgan fingerprint density at radius 1 is 1.15 bits per heavy atom. The molecular formula is C20H19N3O3. The quantitative estimate of drug-likeness (QED) is 0.709. The fraction of sp³-hybridized carbons (Fsp3) is 0.250. The molecule has 132 valence electrons. The zero-order valence-corrected chi connectivity index (χ0v) is 14.2. The van der Waals surface area contributed by atoms with E-state index in [4.69, 9.17) is 9.47 Å². The second kappa shape index (κ2) is 7.39. The van der Waals surface area contributed by atoms with E-state index in [0.717, 1.165) is 17.3 Å². The van der Waals surface area contributed by atoms with Gasteiger partial charge < -0.3 is 14.4 Å². The van der Waals surface area contributed by atoms with Gasteiger partial charge in [-0.3, -0.25) is 9.78 Å². The molecule has 1 fully saturated rings. The Bertz CT molecular complexity index is 901. The van der Waals surface area contributed by atoms with Gasteiger partial charge in [0.15, 0.2) is 6.61 Å². The Labute approximate surface area is 151 Å². The van der Waals surface area contributed by atoms with E-state index in [1.807, 2.05) is 36.4 Å². The summed E-state index contributed by atoms with van der Waals surface area (Å²) in [6, 6.07) is 15.3. The average molecular weight is 349 g/mol. The molecule has 0 bridgehead atoms. The summed E-state index contributed by atoms with van der Waals surface area (Å²) < 4.78 is 11.4. The van der Waals surface area contributed by atoms with Gasteiger partial charge in [0.25, 0.3) is 5.91 Å². The van der Waals surface area contributed by atoms with Crippen molar-refractivity contribution in [1.82, 2.24) is 14.9 Å². The minimum Gasteiger partial charge on any atom is -0.482 e. The first-order chi connectivity index (χ1) is 12.8. The first-order valence-electron chi connectivity index (χ1n) is 8.61. The van der Waals surface area contributed by atoms with Crippen LogP contribution in [0.3, 0.4) is 0 Å². The van der Waals surface area contributed by atoms with Gasteiger partial charge in [0.1, 0.15) is 11.9 Å². The number of pyridine rings is 2. The molecular weight excluding hydrogens is 330 g/mol. The van der Waals surface area contributed by atoms with Gasteiger partial charge in [0, 0.05) is 30.6 Å². The Morgan fingerprint density at radius 3 is 2.96 bits per heavy atom. The monoisotopic (exact) mass is 349 g/mol. The molecule has 2 aromatic heterocycles. The van der Waals surface area contributed by atoms with E-state index in [-0.39, 0.29) is 18.6 Å². The molecule has 4 rings (SSSR count). The SMILES string of the molecule is O=C(COc1cccnc1)N1CCC(Oc2ccc3ccccc3n2)C1. The molecule has 3 aromatic rings. The Balaban J connectivity index is 1.32. The van der Waals surface area contributed by atoms with Crippen molar-refractivity contribution in [1.29, 1.82) is 0 Å². The van der Waals surface area contributed by atoms with Crippen LogP contribution in [0.5, 0.6) is 11.6 Å². The molecule has 0 aliphatic carbocycles. The fourth-order valence-corrected chi connectivity index (χ4v) is 3.00. The van der Waals surface area contributed by atoms with Gasteiger partial charge in [-0.05, 0) is 24.3 Å². The molecule has 26 heavy (non-hydrogen) atoms. The lowest BCUT2D eigenvalue weighted by Gasteiger charge is -2.17. The summed E-state index contributed by atoms with van der Waals surface area (Å²) in [6.45, 7) is 1.21. The first-order valence-corrected chi connectivity index (χ1v) is 8.61. The van der Waals surface area contributed by atoms with E-state index < -0.39 is 0 Å². The minimum absolute atomic E-state index is 0.00659. The van der Waals surface area contributed by atoms with Crippen molar-refractivity contribution in [2.45, 2.75) is 12.5 Å². The standard InChI is InChI=1S/C20H19N3O3/c24-20(14-25-16-5-3-10-21-12-16)23-11-9-17(13-23)26-19-8-7-15-4-1-2-6-18(15)22-19/h1-8,10,12,17H,9,11,13-14H2. The van der Waals surface area contributed by atoms with E-state index in [0.29, 0.717) is 24.7 Å². The number of carbonyl (C=O) groups excluding carboxylic acids is 1. The zero-order valence-electron chi connectivity index (χ0n) is 14.2. The minimum atomic E-state index is -0.0500. The van der Waals surface area contributed by atoms with E-state index >= 15 is 0 Å². The van der Waals surface area contributed by atoms with Crippen LogP contribution in [-0.4, -0.2) is 46.6 Å². The molecule has 1 saturated heterocycles. The van der Waals surface area contributed by atoms with E-state index in [1.54, 1.807) is 29.4 Å². The van der Waals surface area contributed by atoms with Crippen LogP contribution in [-0.2, 0) is 4.79 Å². The third-order valence-corrected chi connectivity index (χ3v) is 4.35. The number of hydrogen-bond donors (Lipinski definition) is 0. The predicted molar refractivity (Wildman–Crippen MR) is 97.1 cm³/mol. The van der Waals surface area contributed by atoms with Crippen molar-refractivity contribution in [3.63, 3.8) is 0 Å². The number of benzene rings is 1. The summed E-state index contributed by atoms with van der Waals surface area (Å²) in [5, 5.41) is 1.08. The van der Waals surface area contributed by atoms with Crippen molar-refractivity contribution in [2.75, 3.05) is 19.7 Å². The van der Waals surface area contributed by atoms with Crippen molar-refractivity contribution < 1.29 is 14.3 Å². The summed E-state index contributed by atoms with van der Waals surface area (Å²) in [5.74, 6) is 1.13. The van der Waals surface area contributed by atoms with Crippen LogP contribution < -0.4 is 9.47 Å². The second-order valence-corrected chi connectivity index (χ2v) is 6.19. The van der Waals surface area contributed by atoms with Gasteiger partial charge >= 0.3 is 0 Å². The molecule has 6 heteroatoms. The summed E-state index contributed by atoms with van der Waals surface area (Å²) >= 11 is 0. The Hall–Kier alpha value is -3.15. The lowest BCUT2D eigenvalue weighted by Crippen LogP contribution is -2.34. The molecule has 0 radical (unpaired) electrons. The summed E-state index contributed by atoms with van der Waals surface area (Å²) in [7, 11) is 0. The van der Waals surface area contributed by atoms with Crippen molar-refractivity contribution in [3.05, 3.63) is 60.9 Å². The Morgan fingerprint density at radius 2 is 2.08 bits per heavy atom. The molecule has 1 aliphatic heterocycles. The number of amides is 1. The number of nitrogens with zero attached hydrogens (tertiary/aromatic N) is 3. The molecule has 0 N–H and O–H groups in total. The number of likely N-dealkylation sites (tertiary alicyclic amines) is 1. The van der Waals surface area contributed by atoms with Gasteiger partial charge in [0.2, 0.25) is 5.88 Å². The smallest absolute Gasteiger partial charge is 0.260 e. The molecule has 1 aromatic carbocycles. The fourth-order valence-electron chi connectivity index (χ4n) is 3.00. The number of ether oxygens (including phenoxy) is 2. The van der Waals surface area contributed by atoms with Crippen molar-refractivity contribution >= 4 is 16.8 Å². The number of rotatable bonds is 5. The molecule has 3 heterocycles. The van der Waals surface area contributed by atoms with Gasteiger partial charge in [-0.15, -0.1) is 0 Å². The highest BCUT2D eigenvalue weighted by molar-refractivity contribution is 5.79. The summed E-state index contributed by atoms with van der Waals surface area (Å²) in [6.07, 6.45) is 3.99. The highest BCUT2D eigenvalue weighted by atomic mass is 16.5. The Kier molecular flexibility index (Phi) is 4.64. The molecule has 1 aliphatic rings. The maximum atomic E-state index is 12.3. The lowest BCUT2D eigenvalue weighted by molar-refractivity contribution is -0.132. The van der Waals surface area contributed by atoms with E-state index in [1.165, 1.54) is 0 Å². The number of aromatic nitrogens is 2. The molecule has 1 amide bonds. The normalized spacial score (nSPS) is 16.6. The van der Waals surface area contributed by atoms with Crippen LogP contribution in [0.1, 0.15) is 6.42 Å². The third kappa shape index (κ3) is 3.74. The molecule has 0 saturated carbocycles. The molecule has 1 atom stereocenters. The number of carbonyl (C=O) groups is 1. The first kappa shape index (κ1) is 16.3. The number of hydrogen-bond acceptors (Lipinski definition) is 5. The maximum Gasteiger partial charge on any atom is 0.260 e. The summed E-state index contributed by atoms with van der Waals surface area (Å²) in [4.78, 5) is 22.6. The molecule has 0 spiro atoms. The average Bonchev–Trinajstić information content (AvgIpc) is 3.15. The van der Waals surface area contributed by atoms with Crippen LogP contribution in [0.15, 0.2) is 60.9 Å². The van der Waals surface area contributed by atoms with Gasteiger partial charge in [-0.25, -0.2) is 4.98 Å². The van der Waals surface area contributed by atoms with Gasteiger partial charge in [-0.1, -0.05) is 18.2 Å². The topological polar surface area (TPSA) is 64.5 Å². The van der Waals surface area contributed by atoms with Crippen molar-refractivity contribution in [2.24, 2.45) is 0 Å². The van der Waals surface area contributed by atoms with Crippen LogP contribution in [0.25, 0.3) is 10.9 Å². The predicted octanol–water partition coefficient (Wildman–Crippen LogP) is 2.69. The van der Waals surface area contributed by atoms with Crippen LogP contribution >= 0.6 is 0 Å². The van der Waals surface area contributed by atoms with Crippen LogP contribution in [0.4, 0.5) is 0 Å². The molecule has 6 nitrogen and oxygen atoms in total. The summed E-state index contributed by atoms with van der Waals surface area (Å²) in [5.41, 5.74) is 0.904. The van der Waals surface area contributed by atoms with E-state index in [9.17, 15) is 4.79 Å². The van der Waals surface area contributed by atoms with Gasteiger partial charge in [-0.2, -0.15) is 0 Å².